The molecular formula is C16H29N5O2. The van der Waals surface area contributed by atoms with E-state index in [0.29, 0.717) is 0 Å². The van der Waals surface area contributed by atoms with Crippen LogP contribution in [0, 0.1) is 11.3 Å². The fourth-order valence-corrected chi connectivity index (χ4v) is 2.19. The zero-order valence-electron chi connectivity index (χ0n) is 14.9. The molecule has 1 heterocycles. The molecule has 0 aliphatic carbocycles. The number of aromatic nitrogens is 2. The van der Waals surface area contributed by atoms with E-state index in [1.165, 1.54) is 0 Å². The van der Waals surface area contributed by atoms with Crippen LogP contribution in [0.4, 0.5) is 0 Å². The van der Waals surface area contributed by atoms with Crippen molar-refractivity contribution < 1.29 is 9.59 Å². The first-order valence-electron chi connectivity index (χ1n) is 7.83. The highest BCUT2D eigenvalue weighted by molar-refractivity contribution is 5.87. The second-order valence-electron chi connectivity index (χ2n) is 7.30. The zero-order valence-corrected chi connectivity index (χ0v) is 14.9. The molecule has 0 radical (unpaired) electrons. The molecule has 0 aromatic carbocycles. The van der Waals surface area contributed by atoms with Gasteiger partial charge < -0.3 is 16.4 Å². The molecule has 1 aromatic heterocycles. The molecule has 0 saturated carbocycles. The van der Waals surface area contributed by atoms with Gasteiger partial charge in [-0.3, -0.25) is 14.3 Å². The highest BCUT2D eigenvalue weighted by atomic mass is 16.2. The molecular weight excluding hydrogens is 294 g/mol. The van der Waals surface area contributed by atoms with Crippen LogP contribution in [0.25, 0.3) is 0 Å². The smallest absolute Gasteiger partial charge is 0.239 e. The Hall–Kier alpha value is -1.89. The van der Waals surface area contributed by atoms with Gasteiger partial charge in [0.2, 0.25) is 11.8 Å². The van der Waals surface area contributed by atoms with Gasteiger partial charge in [-0.1, -0.05) is 34.6 Å². The van der Waals surface area contributed by atoms with Gasteiger partial charge in [-0.2, -0.15) is 5.10 Å². The predicted molar refractivity (Wildman–Crippen MR) is 89.4 cm³/mol. The van der Waals surface area contributed by atoms with Crippen LogP contribution in [0.2, 0.25) is 0 Å². The van der Waals surface area contributed by atoms with E-state index in [2.05, 4.69) is 15.7 Å². The minimum Gasteiger partial charge on any atom is -0.347 e. The van der Waals surface area contributed by atoms with Gasteiger partial charge in [0.05, 0.1) is 24.8 Å². The molecule has 2 atom stereocenters. The topological polar surface area (TPSA) is 102 Å². The summed E-state index contributed by atoms with van der Waals surface area (Å²) in [6.45, 7) is 9.76. The number of aryl methyl sites for hydroxylation is 1. The molecule has 0 aliphatic rings. The quantitative estimate of drug-likeness (QED) is 0.718. The lowest BCUT2D eigenvalue weighted by atomic mass is 9.83. The molecule has 0 fully saturated rings. The molecule has 0 bridgehead atoms. The summed E-state index contributed by atoms with van der Waals surface area (Å²) >= 11 is 0. The first kappa shape index (κ1) is 19.2. The minimum atomic E-state index is -0.612. The molecule has 130 valence electrons. The Morgan fingerprint density at radius 1 is 1.35 bits per heavy atom. The fourth-order valence-electron chi connectivity index (χ4n) is 2.19. The number of nitrogens with two attached hydrogens (primary N) is 1. The van der Waals surface area contributed by atoms with Gasteiger partial charge in [0.25, 0.3) is 0 Å². The first-order valence-corrected chi connectivity index (χ1v) is 7.83. The third-order valence-electron chi connectivity index (χ3n) is 3.67. The average molecular weight is 323 g/mol. The van der Waals surface area contributed by atoms with E-state index in [0.717, 1.165) is 5.56 Å². The van der Waals surface area contributed by atoms with E-state index in [1.807, 2.05) is 47.9 Å². The number of amides is 2. The molecule has 0 spiro atoms. The first-order chi connectivity index (χ1) is 10.5. The van der Waals surface area contributed by atoms with E-state index in [1.54, 1.807) is 10.9 Å². The highest BCUT2D eigenvalue weighted by Gasteiger charge is 2.29. The number of rotatable bonds is 6. The summed E-state index contributed by atoms with van der Waals surface area (Å²) in [5.41, 5.74) is 6.50. The highest BCUT2D eigenvalue weighted by Crippen LogP contribution is 2.32. The molecule has 0 aliphatic heterocycles. The number of nitrogens with one attached hydrogen (secondary N) is 2. The van der Waals surface area contributed by atoms with Crippen molar-refractivity contribution in [2.45, 2.75) is 46.7 Å². The van der Waals surface area contributed by atoms with Crippen LogP contribution in [0.5, 0.6) is 0 Å². The number of carbonyl (C=O) groups is 2. The fraction of sp³-hybridized carbons (Fsp3) is 0.688. The molecule has 1 aromatic rings. The summed E-state index contributed by atoms with van der Waals surface area (Å²) in [6, 6.07) is -0.807. The molecule has 7 heteroatoms. The predicted octanol–water partition coefficient (Wildman–Crippen LogP) is 0.723. The molecule has 0 saturated heterocycles. The standard InChI is InChI=1S/C16H29N5O2/c1-10(2)13(17)15(23)18-8-12(22)20-14(16(3,4)5)11-7-19-21(6)9-11/h7,9-10,13-14H,8,17H2,1-6H3,(H,18,23)(H,20,22)/t13-,14?/m0/s1. The average Bonchev–Trinajstić information content (AvgIpc) is 2.85. The second-order valence-corrected chi connectivity index (χ2v) is 7.30. The number of hydrogen-bond acceptors (Lipinski definition) is 4. The molecule has 1 rings (SSSR count). The lowest BCUT2D eigenvalue weighted by Gasteiger charge is -2.31. The van der Waals surface area contributed by atoms with Crippen molar-refractivity contribution in [2.75, 3.05) is 6.54 Å². The van der Waals surface area contributed by atoms with E-state index in [4.69, 9.17) is 5.73 Å². The molecule has 2 amide bonds. The summed E-state index contributed by atoms with van der Waals surface area (Å²) in [5, 5.41) is 9.70. The third kappa shape index (κ3) is 5.67. The molecule has 7 nitrogen and oxygen atoms in total. The molecule has 4 N–H and O–H groups in total. The molecule has 23 heavy (non-hydrogen) atoms. The van der Waals surface area contributed by atoms with Gasteiger partial charge in [0.15, 0.2) is 0 Å². The summed E-state index contributed by atoms with van der Waals surface area (Å²) in [6.07, 6.45) is 3.62. The monoisotopic (exact) mass is 323 g/mol. The van der Waals surface area contributed by atoms with E-state index < -0.39 is 6.04 Å². The van der Waals surface area contributed by atoms with Crippen molar-refractivity contribution in [1.82, 2.24) is 20.4 Å². The van der Waals surface area contributed by atoms with Crippen LogP contribution in [0.3, 0.4) is 0 Å². The summed E-state index contributed by atoms with van der Waals surface area (Å²) in [7, 11) is 1.83. The van der Waals surface area contributed by atoms with E-state index in [9.17, 15) is 9.59 Å². The summed E-state index contributed by atoms with van der Waals surface area (Å²) < 4.78 is 1.70. The van der Waals surface area contributed by atoms with Crippen molar-refractivity contribution >= 4 is 11.8 Å². The van der Waals surface area contributed by atoms with Gasteiger partial charge in [-0.05, 0) is 11.3 Å². The van der Waals surface area contributed by atoms with Gasteiger partial charge in [0, 0.05) is 18.8 Å². The Balaban J connectivity index is 2.67. The Bertz CT molecular complexity index is 545. The summed E-state index contributed by atoms with van der Waals surface area (Å²) in [4.78, 5) is 24.0. The Kier molecular flexibility index (Phi) is 6.32. The SMILES string of the molecule is CC(C)[C@H](N)C(=O)NCC(=O)NC(c1cnn(C)c1)C(C)(C)C. The van der Waals surface area contributed by atoms with Crippen molar-refractivity contribution in [3.05, 3.63) is 18.0 Å². The lowest BCUT2D eigenvalue weighted by molar-refractivity contribution is -0.128. The van der Waals surface area contributed by atoms with Gasteiger partial charge >= 0.3 is 0 Å². The number of carbonyl (C=O) groups excluding carboxylic acids is 2. The van der Waals surface area contributed by atoms with Crippen molar-refractivity contribution in [2.24, 2.45) is 24.1 Å². The second kappa shape index (κ2) is 7.59. The Morgan fingerprint density at radius 3 is 2.39 bits per heavy atom. The van der Waals surface area contributed by atoms with Gasteiger partial charge in [0.1, 0.15) is 0 Å². The maximum Gasteiger partial charge on any atom is 0.239 e. The van der Waals surface area contributed by atoms with E-state index >= 15 is 0 Å². The van der Waals surface area contributed by atoms with Crippen LogP contribution in [0.1, 0.15) is 46.2 Å². The Morgan fingerprint density at radius 2 is 1.96 bits per heavy atom. The minimum absolute atomic E-state index is 0.0239. The number of nitrogens with zero attached hydrogens (tertiary/aromatic N) is 2. The molecule has 1 unspecified atom stereocenters. The normalized spacial score (nSPS) is 14.4. The van der Waals surface area contributed by atoms with E-state index in [-0.39, 0.29) is 35.7 Å². The van der Waals surface area contributed by atoms with Gasteiger partial charge in [-0.25, -0.2) is 0 Å². The zero-order chi connectivity index (χ0) is 17.8. The Labute approximate surface area is 138 Å². The lowest BCUT2D eigenvalue weighted by Crippen LogP contribution is -2.48. The maximum absolute atomic E-state index is 12.2. The van der Waals surface area contributed by atoms with Crippen molar-refractivity contribution in [3.63, 3.8) is 0 Å². The van der Waals surface area contributed by atoms with Crippen LogP contribution in [0.15, 0.2) is 12.4 Å². The van der Waals surface area contributed by atoms with Crippen LogP contribution in [-0.4, -0.2) is 34.2 Å². The number of hydrogen-bond donors (Lipinski definition) is 3. The van der Waals surface area contributed by atoms with Crippen LogP contribution in [-0.2, 0) is 16.6 Å². The largest absolute Gasteiger partial charge is 0.347 e. The van der Waals surface area contributed by atoms with Gasteiger partial charge in [-0.15, -0.1) is 0 Å². The van der Waals surface area contributed by atoms with Crippen molar-refractivity contribution in [3.8, 4) is 0 Å². The maximum atomic E-state index is 12.2. The van der Waals surface area contributed by atoms with Crippen molar-refractivity contribution in [1.29, 1.82) is 0 Å². The van der Waals surface area contributed by atoms with Crippen LogP contribution >= 0.6 is 0 Å². The summed E-state index contributed by atoms with van der Waals surface area (Å²) in [5.74, 6) is -0.544. The van der Waals surface area contributed by atoms with Crippen LogP contribution < -0.4 is 16.4 Å². The third-order valence-corrected chi connectivity index (χ3v) is 3.67.